The van der Waals surface area contributed by atoms with Crippen molar-refractivity contribution in [1.29, 1.82) is 5.26 Å². The summed E-state index contributed by atoms with van der Waals surface area (Å²) in [5, 5.41) is 9.27. The molecule has 2 aromatic carbocycles. The number of benzene rings is 2. The molecular weight excluding hydrogens is 366 g/mol. The van der Waals surface area contributed by atoms with E-state index >= 15 is 0 Å². The van der Waals surface area contributed by atoms with Crippen LogP contribution in [0.4, 0.5) is 0 Å². The number of hydrogen-bond acceptors (Lipinski definition) is 3. The van der Waals surface area contributed by atoms with E-state index in [-0.39, 0.29) is 0 Å². The van der Waals surface area contributed by atoms with Crippen LogP contribution >= 0.6 is 27.5 Å². The first-order chi connectivity index (χ1) is 10.6. The lowest BCUT2D eigenvalue weighted by Gasteiger charge is -2.13. The summed E-state index contributed by atoms with van der Waals surface area (Å²) < 4.78 is 12.0. The molecule has 0 saturated carbocycles. The van der Waals surface area contributed by atoms with Crippen LogP contribution in [0.5, 0.6) is 11.5 Å². The van der Waals surface area contributed by atoms with E-state index in [2.05, 4.69) is 15.9 Å². The molecule has 22 heavy (non-hydrogen) atoms. The molecule has 0 bridgehead atoms. The third kappa shape index (κ3) is 4.27. The molecule has 2 aromatic rings. The van der Waals surface area contributed by atoms with E-state index < -0.39 is 0 Å². The van der Waals surface area contributed by atoms with Crippen molar-refractivity contribution in [3.05, 3.63) is 63.1 Å². The van der Waals surface area contributed by atoms with Crippen LogP contribution in [0.3, 0.4) is 0 Å². The summed E-state index contributed by atoms with van der Waals surface area (Å²) >= 11 is 9.43. The number of ether oxygens (including phenoxy) is 2. The normalized spacial score (nSPS) is 10.5. The fourth-order valence-corrected chi connectivity index (χ4v) is 2.68. The Balaban J connectivity index is 2.23. The number of hydrogen-bond donors (Lipinski definition) is 0. The molecule has 0 unspecified atom stereocenters. The van der Waals surface area contributed by atoms with Gasteiger partial charge in [-0.25, -0.2) is 0 Å². The van der Waals surface area contributed by atoms with Crippen LogP contribution in [-0.4, -0.2) is 7.11 Å². The molecule has 0 aliphatic carbocycles. The highest BCUT2D eigenvalue weighted by molar-refractivity contribution is 9.10. The molecule has 0 fully saturated rings. The Labute approximate surface area is 142 Å². The van der Waals surface area contributed by atoms with Crippen LogP contribution < -0.4 is 9.47 Å². The molecule has 0 heterocycles. The van der Waals surface area contributed by atoms with Gasteiger partial charge in [-0.1, -0.05) is 23.7 Å². The van der Waals surface area contributed by atoms with Gasteiger partial charge in [-0.05, 0) is 57.4 Å². The SMILES string of the molecule is COc1cc(/C=C/C#N)cc(Br)c1OCc1cccc(Cl)c1. The second-order valence-electron chi connectivity index (χ2n) is 4.42. The van der Waals surface area contributed by atoms with Gasteiger partial charge < -0.3 is 9.47 Å². The van der Waals surface area contributed by atoms with Crippen molar-refractivity contribution in [3.8, 4) is 17.6 Å². The molecule has 0 atom stereocenters. The Morgan fingerprint density at radius 1 is 1.32 bits per heavy atom. The van der Waals surface area contributed by atoms with Crippen LogP contribution in [0.25, 0.3) is 6.08 Å². The van der Waals surface area contributed by atoms with Gasteiger partial charge in [0.2, 0.25) is 0 Å². The standard InChI is InChI=1S/C17H13BrClNO2/c1-21-16-10-12(5-3-7-20)9-15(18)17(16)22-11-13-4-2-6-14(19)8-13/h2-6,8-10H,11H2,1H3/b5-3+. The van der Waals surface area contributed by atoms with Gasteiger partial charge in [-0.3, -0.25) is 0 Å². The summed E-state index contributed by atoms with van der Waals surface area (Å²) in [5.74, 6) is 1.20. The van der Waals surface area contributed by atoms with Crippen LogP contribution in [0.15, 0.2) is 46.9 Å². The minimum atomic E-state index is 0.378. The molecule has 0 radical (unpaired) electrons. The lowest BCUT2D eigenvalue weighted by atomic mass is 10.2. The Morgan fingerprint density at radius 3 is 2.82 bits per heavy atom. The molecule has 0 aliphatic heterocycles. The zero-order valence-electron chi connectivity index (χ0n) is 11.8. The summed E-state index contributed by atoms with van der Waals surface area (Å²) in [5.41, 5.74) is 1.82. The van der Waals surface area contributed by atoms with E-state index in [1.807, 2.05) is 42.5 Å². The summed E-state index contributed by atoms with van der Waals surface area (Å²) in [4.78, 5) is 0. The maximum absolute atomic E-state index is 8.60. The number of halogens is 2. The fraction of sp³-hybridized carbons (Fsp3) is 0.118. The zero-order chi connectivity index (χ0) is 15.9. The minimum Gasteiger partial charge on any atom is -0.493 e. The maximum Gasteiger partial charge on any atom is 0.175 e. The van der Waals surface area contributed by atoms with Crippen molar-refractivity contribution in [2.45, 2.75) is 6.61 Å². The summed E-state index contributed by atoms with van der Waals surface area (Å²) in [6.07, 6.45) is 3.11. The van der Waals surface area contributed by atoms with Crippen molar-refractivity contribution < 1.29 is 9.47 Å². The van der Waals surface area contributed by atoms with E-state index in [0.29, 0.717) is 23.1 Å². The van der Waals surface area contributed by atoms with Crippen molar-refractivity contribution in [2.24, 2.45) is 0 Å². The predicted octanol–water partition coefficient (Wildman–Crippen LogP) is 5.23. The van der Waals surface area contributed by atoms with Crippen molar-refractivity contribution in [1.82, 2.24) is 0 Å². The molecule has 3 nitrogen and oxygen atoms in total. The first kappa shape index (κ1) is 16.4. The van der Waals surface area contributed by atoms with E-state index in [1.165, 1.54) is 6.08 Å². The summed E-state index contributed by atoms with van der Waals surface area (Å²) in [6.45, 7) is 0.378. The van der Waals surface area contributed by atoms with Crippen LogP contribution in [0, 0.1) is 11.3 Å². The molecule has 0 aliphatic rings. The molecule has 2 rings (SSSR count). The highest BCUT2D eigenvalue weighted by Gasteiger charge is 2.11. The average molecular weight is 379 g/mol. The number of nitriles is 1. The molecule has 5 heteroatoms. The summed E-state index contributed by atoms with van der Waals surface area (Å²) in [6, 6.07) is 13.1. The minimum absolute atomic E-state index is 0.378. The van der Waals surface area contributed by atoms with Crippen LogP contribution in [0.1, 0.15) is 11.1 Å². The molecule has 0 aromatic heterocycles. The molecule has 112 valence electrons. The van der Waals surface area contributed by atoms with Gasteiger partial charge in [0.25, 0.3) is 0 Å². The van der Waals surface area contributed by atoms with Crippen molar-refractivity contribution in [3.63, 3.8) is 0 Å². The first-order valence-electron chi connectivity index (χ1n) is 6.45. The van der Waals surface area contributed by atoms with Crippen LogP contribution in [-0.2, 0) is 6.61 Å². The Morgan fingerprint density at radius 2 is 2.14 bits per heavy atom. The van der Waals surface area contributed by atoms with Gasteiger partial charge in [0.1, 0.15) is 6.61 Å². The lowest BCUT2D eigenvalue weighted by molar-refractivity contribution is 0.282. The third-order valence-corrected chi connectivity index (χ3v) is 3.70. The number of nitrogens with zero attached hydrogens (tertiary/aromatic N) is 1. The average Bonchev–Trinajstić information content (AvgIpc) is 2.51. The molecule has 0 amide bonds. The van der Waals surface area contributed by atoms with Crippen molar-refractivity contribution in [2.75, 3.05) is 7.11 Å². The first-order valence-corrected chi connectivity index (χ1v) is 7.62. The lowest BCUT2D eigenvalue weighted by Crippen LogP contribution is -1.99. The second-order valence-corrected chi connectivity index (χ2v) is 5.71. The van der Waals surface area contributed by atoms with Gasteiger partial charge in [0, 0.05) is 11.1 Å². The smallest absolute Gasteiger partial charge is 0.175 e. The van der Waals surface area contributed by atoms with Crippen molar-refractivity contribution >= 4 is 33.6 Å². The van der Waals surface area contributed by atoms with E-state index in [1.54, 1.807) is 13.2 Å². The predicted molar refractivity (Wildman–Crippen MR) is 91.1 cm³/mol. The summed E-state index contributed by atoms with van der Waals surface area (Å²) in [7, 11) is 1.58. The molecule has 0 N–H and O–H groups in total. The Kier molecular flexibility index (Phi) is 5.88. The van der Waals surface area contributed by atoms with Gasteiger partial charge in [0.15, 0.2) is 11.5 Å². The number of rotatable bonds is 5. The zero-order valence-corrected chi connectivity index (χ0v) is 14.2. The van der Waals surface area contributed by atoms with Gasteiger partial charge in [-0.15, -0.1) is 0 Å². The number of methoxy groups -OCH3 is 1. The quantitative estimate of drug-likeness (QED) is 0.669. The second kappa shape index (κ2) is 7.88. The third-order valence-electron chi connectivity index (χ3n) is 2.87. The monoisotopic (exact) mass is 377 g/mol. The Bertz CT molecular complexity index is 738. The van der Waals surface area contributed by atoms with E-state index in [4.69, 9.17) is 26.3 Å². The topological polar surface area (TPSA) is 42.2 Å². The molecule has 0 saturated heterocycles. The van der Waals surface area contributed by atoms with Crippen LogP contribution in [0.2, 0.25) is 5.02 Å². The Hall–Kier alpha value is -1.96. The van der Waals surface area contributed by atoms with Gasteiger partial charge >= 0.3 is 0 Å². The van der Waals surface area contributed by atoms with Gasteiger partial charge in [0.05, 0.1) is 17.7 Å². The maximum atomic E-state index is 8.60. The fourth-order valence-electron chi connectivity index (χ4n) is 1.89. The highest BCUT2D eigenvalue weighted by Crippen LogP contribution is 2.37. The molecule has 0 spiro atoms. The highest BCUT2D eigenvalue weighted by atomic mass is 79.9. The molecular formula is C17H13BrClNO2. The number of allylic oxidation sites excluding steroid dienone is 1. The van der Waals surface area contributed by atoms with Gasteiger partial charge in [-0.2, -0.15) is 5.26 Å². The van der Waals surface area contributed by atoms with E-state index in [0.717, 1.165) is 15.6 Å². The largest absolute Gasteiger partial charge is 0.493 e. The van der Waals surface area contributed by atoms with E-state index in [9.17, 15) is 0 Å².